The van der Waals surface area contributed by atoms with Crippen LogP contribution in [0.25, 0.3) is 10.6 Å². The van der Waals surface area contributed by atoms with Crippen LogP contribution < -0.4 is 5.32 Å². The van der Waals surface area contributed by atoms with E-state index < -0.39 is 5.60 Å². The average molecular weight is 450 g/mol. The van der Waals surface area contributed by atoms with Gasteiger partial charge in [-0.05, 0) is 45.6 Å². The standard InChI is InChI=1S/C22H28ClN3O3S/c1-22(2,3)29-21(28)26-10-6-7-15(13-26)12-24-19(27)11-16-14-30-20(25-16)17-8-4-5-9-18(17)23/h4-5,8-9,14-15H,6-7,10-13H2,1-3H3,(H,24,27). The molecule has 6 nitrogen and oxygen atoms in total. The minimum Gasteiger partial charge on any atom is -0.444 e. The number of hydrogen-bond donors (Lipinski definition) is 1. The van der Waals surface area contributed by atoms with Gasteiger partial charge in [-0.1, -0.05) is 29.8 Å². The summed E-state index contributed by atoms with van der Waals surface area (Å²) in [4.78, 5) is 31.0. The number of likely N-dealkylation sites (tertiary alicyclic amines) is 1. The maximum Gasteiger partial charge on any atom is 0.410 e. The third kappa shape index (κ3) is 6.44. The van der Waals surface area contributed by atoms with Crippen LogP contribution in [0.3, 0.4) is 0 Å². The molecule has 1 unspecified atom stereocenters. The number of hydrogen-bond acceptors (Lipinski definition) is 5. The van der Waals surface area contributed by atoms with Gasteiger partial charge >= 0.3 is 6.09 Å². The van der Waals surface area contributed by atoms with Gasteiger partial charge in [-0.3, -0.25) is 4.79 Å². The first kappa shape index (κ1) is 22.6. The van der Waals surface area contributed by atoms with Crippen molar-refractivity contribution in [1.82, 2.24) is 15.2 Å². The number of rotatable bonds is 5. The van der Waals surface area contributed by atoms with Crippen LogP contribution in [-0.4, -0.2) is 47.1 Å². The molecule has 1 aromatic carbocycles. The number of piperidine rings is 1. The molecule has 1 aromatic heterocycles. The minimum atomic E-state index is -0.505. The summed E-state index contributed by atoms with van der Waals surface area (Å²) in [5, 5.41) is 6.34. The van der Waals surface area contributed by atoms with Crippen LogP contribution in [0.2, 0.25) is 5.02 Å². The molecule has 2 aromatic rings. The van der Waals surface area contributed by atoms with Gasteiger partial charge in [0.25, 0.3) is 0 Å². The molecule has 1 N–H and O–H groups in total. The Labute approximate surface area is 186 Å². The Morgan fingerprint density at radius 2 is 2.10 bits per heavy atom. The summed E-state index contributed by atoms with van der Waals surface area (Å²) in [6.45, 7) is 7.43. The second kappa shape index (κ2) is 9.79. The number of ether oxygens (including phenoxy) is 1. The van der Waals surface area contributed by atoms with E-state index in [0.717, 1.165) is 29.1 Å². The zero-order valence-corrected chi connectivity index (χ0v) is 19.2. The van der Waals surface area contributed by atoms with Crippen molar-refractivity contribution in [3.8, 4) is 10.6 Å². The molecule has 1 fully saturated rings. The summed E-state index contributed by atoms with van der Waals surface area (Å²) < 4.78 is 5.46. The summed E-state index contributed by atoms with van der Waals surface area (Å²) in [6, 6.07) is 7.54. The van der Waals surface area contributed by atoms with Gasteiger partial charge in [0.15, 0.2) is 0 Å². The number of benzene rings is 1. The van der Waals surface area contributed by atoms with Gasteiger partial charge in [-0.15, -0.1) is 11.3 Å². The zero-order valence-electron chi connectivity index (χ0n) is 17.6. The van der Waals surface area contributed by atoms with Gasteiger partial charge in [0.05, 0.1) is 17.1 Å². The van der Waals surface area contributed by atoms with Gasteiger partial charge in [-0.25, -0.2) is 9.78 Å². The van der Waals surface area contributed by atoms with Crippen LogP contribution in [0, 0.1) is 5.92 Å². The second-order valence-corrected chi connectivity index (χ2v) is 9.80. The topological polar surface area (TPSA) is 71.5 Å². The third-order valence-electron chi connectivity index (χ3n) is 4.76. The number of amides is 2. The molecule has 1 saturated heterocycles. The normalized spacial score (nSPS) is 16.9. The Bertz CT molecular complexity index is 894. The van der Waals surface area contributed by atoms with Crippen molar-refractivity contribution in [2.45, 2.75) is 45.6 Å². The van der Waals surface area contributed by atoms with E-state index in [2.05, 4.69) is 10.3 Å². The first-order valence-corrected chi connectivity index (χ1v) is 11.4. The molecule has 0 aliphatic carbocycles. The lowest BCUT2D eigenvalue weighted by Gasteiger charge is -2.34. The molecule has 1 aliphatic rings. The Morgan fingerprint density at radius 3 is 2.83 bits per heavy atom. The van der Waals surface area contributed by atoms with Gasteiger partial charge in [0.2, 0.25) is 5.91 Å². The SMILES string of the molecule is CC(C)(C)OC(=O)N1CCCC(CNC(=O)Cc2csc(-c3ccccc3Cl)n2)C1. The van der Waals surface area contributed by atoms with Crippen molar-refractivity contribution in [3.63, 3.8) is 0 Å². The van der Waals surface area contributed by atoms with Crippen LogP contribution in [0.4, 0.5) is 4.79 Å². The molecule has 1 atom stereocenters. The molecule has 3 rings (SSSR count). The molecule has 162 valence electrons. The van der Waals surface area contributed by atoms with Crippen LogP contribution in [0.15, 0.2) is 29.6 Å². The molecule has 0 saturated carbocycles. The minimum absolute atomic E-state index is 0.0691. The first-order valence-electron chi connectivity index (χ1n) is 10.2. The van der Waals surface area contributed by atoms with Crippen molar-refractivity contribution in [2.75, 3.05) is 19.6 Å². The number of halogens is 1. The van der Waals surface area contributed by atoms with Crippen molar-refractivity contribution in [2.24, 2.45) is 5.92 Å². The molecule has 1 aliphatic heterocycles. The fourth-order valence-electron chi connectivity index (χ4n) is 3.36. The molecule has 0 radical (unpaired) electrons. The van der Waals surface area contributed by atoms with Crippen molar-refractivity contribution >= 4 is 34.9 Å². The molecule has 0 bridgehead atoms. The summed E-state index contributed by atoms with van der Waals surface area (Å²) in [5.41, 5.74) is 1.10. The van der Waals surface area contributed by atoms with Crippen LogP contribution in [-0.2, 0) is 16.0 Å². The van der Waals surface area contributed by atoms with E-state index in [1.165, 1.54) is 11.3 Å². The van der Waals surface area contributed by atoms with E-state index in [1.54, 1.807) is 4.90 Å². The predicted molar refractivity (Wildman–Crippen MR) is 120 cm³/mol. The number of aromatic nitrogens is 1. The monoisotopic (exact) mass is 449 g/mol. The Balaban J connectivity index is 1.48. The fourth-order valence-corrected chi connectivity index (χ4v) is 4.50. The number of carbonyl (C=O) groups is 2. The van der Waals surface area contributed by atoms with E-state index in [1.807, 2.05) is 50.4 Å². The van der Waals surface area contributed by atoms with Crippen LogP contribution >= 0.6 is 22.9 Å². The van der Waals surface area contributed by atoms with E-state index in [9.17, 15) is 9.59 Å². The van der Waals surface area contributed by atoms with Crippen molar-refractivity contribution < 1.29 is 14.3 Å². The van der Waals surface area contributed by atoms with Crippen molar-refractivity contribution in [3.05, 3.63) is 40.4 Å². The Hall–Kier alpha value is -2.12. The number of carbonyl (C=O) groups excluding carboxylic acids is 2. The van der Waals surface area contributed by atoms with Gasteiger partial charge < -0.3 is 15.0 Å². The van der Waals surface area contributed by atoms with Crippen LogP contribution in [0.5, 0.6) is 0 Å². The molecular weight excluding hydrogens is 422 g/mol. The molecule has 30 heavy (non-hydrogen) atoms. The van der Waals surface area contributed by atoms with E-state index in [4.69, 9.17) is 16.3 Å². The quantitative estimate of drug-likeness (QED) is 0.713. The smallest absolute Gasteiger partial charge is 0.410 e. The van der Waals surface area contributed by atoms with Gasteiger partial charge in [0.1, 0.15) is 10.6 Å². The van der Waals surface area contributed by atoms with Gasteiger partial charge in [-0.2, -0.15) is 0 Å². The zero-order chi connectivity index (χ0) is 21.7. The average Bonchev–Trinajstić information content (AvgIpc) is 3.14. The largest absolute Gasteiger partial charge is 0.444 e. The Morgan fingerprint density at radius 1 is 1.33 bits per heavy atom. The number of nitrogens with zero attached hydrogens (tertiary/aromatic N) is 2. The highest BCUT2D eigenvalue weighted by molar-refractivity contribution is 7.13. The van der Waals surface area contributed by atoms with E-state index in [0.29, 0.717) is 24.7 Å². The lowest BCUT2D eigenvalue weighted by molar-refractivity contribution is -0.120. The van der Waals surface area contributed by atoms with E-state index >= 15 is 0 Å². The lowest BCUT2D eigenvalue weighted by Crippen LogP contribution is -2.45. The lowest BCUT2D eigenvalue weighted by atomic mass is 9.98. The highest BCUT2D eigenvalue weighted by Crippen LogP contribution is 2.30. The summed E-state index contributed by atoms with van der Waals surface area (Å²) in [7, 11) is 0. The molecule has 8 heteroatoms. The maximum absolute atomic E-state index is 12.4. The third-order valence-corrected chi connectivity index (χ3v) is 6.01. The molecular formula is C22H28ClN3O3S. The highest BCUT2D eigenvalue weighted by atomic mass is 35.5. The predicted octanol–water partition coefficient (Wildman–Crippen LogP) is 4.77. The highest BCUT2D eigenvalue weighted by Gasteiger charge is 2.27. The fraction of sp³-hybridized carbons (Fsp3) is 0.500. The number of nitrogens with one attached hydrogen (secondary N) is 1. The molecule has 2 heterocycles. The molecule has 2 amide bonds. The van der Waals surface area contributed by atoms with E-state index in [-0.39, 0.29) is 24.3 Å². The second-order valence-electron chi connectivity index (χ2n) is 8.54. The summed E-state index contributed by atoms with van der Waals surface area (Å²) >= 11 is 7.71. The van der Waals surface area contributed by atoms with Crippen molar-refractivity contribution in [1.29, 1.82) is 0 Å². The maximum atomic E-state index is 12.4. The summed E-state index contributed by atoms with van der Waals surface area (Å²) in [5.74, 6) is 0.157. The Kier molecular flexibility index (Phi) is 7.36. The summed E-state index contributed by atoms with van der Waals surface area (Å²) in [6.07, 6.45) is 1.83. The van der Waals surface area contributed by atoms with Gasteiger partial charge in [0, 0.05) is 30.6 Å². The first-order chi connectivity index (χ1) is 14.2. The number of thiazole rings is 1. The molecule has 0 spiro atoms. The van der Waals surface area contributed by atoms with Crippen LogP contribution in [0.1, 0.15) is 39.3 Å².